The van der Waals surface area contributed by atoms with Crippen molar-refractivity contribution in [3.05, 3.63) is 71.6 Å². The zero-order valence-corrected chi connectivity index (χ0v) is 18.9. The second-order valence-electron chi connectivity index (χ2n) is 7.40. The summed E-state index contributed by atoms with van der Waals surface area (Å²) in [7, 11) is 0. The summed E-state index contributed by atoms with van der Waals surface area (Å²) in [5.74, 6) is 1.21. The molecule has 0 radical (unpaired) electrons. The number of oxazole rings is 1. The van der Waals surface area contributed by atoms with Crippen LogP contribution in [0.25, 0.3) is 20.9 Å². The summed E-state index contributed by atoms with van der Waals surface area (Å²) in [5, 5.41) is 10.4. The number of hydrogen-bond donors (Lipinski definition) is 1. The van der Waals surface area contributed by atoms with Gasteiger partial charge in [0.05, 0.1) is 17.2 Å². The van der Waals surface area contributed by atoms with E-state index in [1.165, 1.54) is 10.1 Å². The van der Waals surface area contributed by atoms with E-state index in [0.717, 1.165) is 27.6 Å². The maximum Gasteiger partial charge on any atom is 0.333 e. The molecular weight excluding hydrogens is 426 g/mol. The number of carboxylic acid groups (broad SMARTS) is 1. The van der Waals surface area contributed by atoms with Gasteiger partial charge in [0.1, 0.15) is 11.5 Å². The Bertz CT molecular complexity index is 1160. The van der Waals surface area contributed by atoms with E-state index in [1.54, 1.807) is 18.3 Å². The Labute approximate surface area is 190 Å². The molecule has 0 aliphatic carbocycles. The maximum absolute atomic E-state index is 11.2. The molecule has 0 bridgehead atoms. The molecule has 6 nitrogen and oxygen atoms in total. The van der Waals surface area contributed by atoms with E-state index < -0.39 is 12.1 Å². The Morgan fingerprint density at radius 2 is 1.97 bits per heavy atom. The lowest BCUT2D eigenvalue weighted by molar-refractivity contribution is -0.149. The summed E-state index contributed by atoms with van der Waals surface area (Å²) in [4.78, 5) is 16.9. The number of aryl methyl sites for hydroxylation is 1. The van der Waals surface area contributed by atoms with Gasteiger partial charge in [0.25, 0.3) is 0 Å². The number of fused-ring (bicyclic) bond motifs is 1. The van der Waals surface area contributed by atoms with E-state index in [2.05, 4.69) is 23.2 Å². The predicted octanol–water partition coefficient (Wildman–Crippen LogP) is 5.52. The SMILES string of the molecule is CCO[C@H](Cc1ccc(OCCc2nc(-c3cc4ccccc4s3)oc2C)cc1)C(=O)O. The number of rotatable bonds is 10. The van der Waals surface area contributed by atoms with Crippen molar-refractivity contribution in [2.75, 3.05) is 13.2 Å². The number of carboxylic acids is 1. The Morgan fingerprint density at radius 3 is 2.69 bits per heavy atom. The minimum Gasteiger partial charge on any atom is -0.493 e. The third-order valence-corrected chi connectivity index (χ3v) is 6.23. The highest BCUT2D eigenvalue weighted by Crippen LogP contribution is 2.33. The number of aliphatic carboxylic acids is 1. The fourth-order valence-corrected chi connectivity index (χ4v) is 4.46. The molecule has 0 saturated carbocycles. The average molecular weight is 452 g/mol. The van der Waals surface area contributed by atoms with E-state index in [0.29, 0.717) is 31.9 Å². The summed E-state index contributed by atoms with van der Waals surface area (Å²) in [6.45, 7) is 4.54. The van der Waals surface area contributed by atoms with Crippen molar-refractivity contribution in [3.63, 3.8) is 0 Å². The number of aromatic nitrogens is 1. The van der Waals surface area contributed by atoms with Crippen molar-refractivity contribution in [2.45, 2.75) is 32.8 Å². The maximum atomic E-state index is 11.2. The molecule has 166 valence electrons. The van der Waals surface area contributed by atoms with Crippen LogP contribution in [0.4, 0.5) is 0 Å². The lowest BCUT2D eigenvalue weighted by Gasteiger charge is -2.12. The number of ether oxygens (including phenoxy) is 2. The molecule has 7 heteroatoms. The van der Waals surface area contributed by atoms with Gasteiger partial charge in [0, 0.05) is 24.1 Å². The first-order valence-corrected chi connectivity index (χ1v) is 11.4. The summed E-state index contributed by atoms with van der Waals surface area (Å²) in [6, 6.07) is 17.8. The van der Waals surface area contributed by atoms with Crippen molar-refractivity contribution in [2.24, 2.45) is 0 Å². The molecule has 2 aromatic heterocycles. The first-order valence-electron chi connectivity index (χ1n) is 10.5. The van der Waals surface area contributed by atoms with Crippen LogP contribution in [0.2, 0.25) is 0 Å². The van der Waals surface area contributed by atoms with Gasteiger partial charge in [-0.25, -0.2) is 9.78 Å². The molecule has 1 atom stereocenters. The van der Waals surface area contributed by atoms with Gasteiger partial charge in [0.2, 0.25) is 5.89 Å². The fourth-order valence-electron chi connectivity index (χ4n) is 3.47. The molecule has 0 fully saturated rings. The third-order valence-electron chi connectivity index (χ3n) is 5.12. The van der Waals surface area contributed by atoms with Gasteiger partial charge in [-0.3, -0.25) is 0 Å². The minimum absolute atomic E-state index is 0.322. The van der Waals surface area contributed by atoms with E-state index in [1.807, 2.05) is 43.3 Å². The Balaban J connectivity index is 1.34. The molecule has 0 spiro atoms. The quantitative estimate of drug-likeness (QED) is 0.342. The zero-order valence-electron chi connectivity index (χ0n) is 18.0. The van der Waals surface area contributed by atoms with Gasteiger partial charge in [-0.2, -0.15) is 0 Å². The molecule has 4 rings (SSSR count). The lowest BCUT2D eigenvalue weighted by Crippen LogP contribution is -2.26. The van der Waals surface area contributed by atoms with Crippen LogP contribution >= 0.6 is 11.3 Å². The largest absolute Gasteiger partial charge is 0.493 e. The van der Waals surface area contributed by atoms with Gasteiger partial charge in [-0.1, -0.05) is 30.3 Å². The van der Waals surface area contributed by atoms with Crippen LogP contribution in [0.15, 0.2) is 59.0 Å². The number of carbonyl (C=O) groups is 1. The van der Waals surface area contributed by atoms with E-state index in [9.17, 15) is 9.90 Å². The predicted molar refractivity (Wildman–Crippen MR) is 124 cm³/mol. The molecule has 1 N–H and O–H groups in total. The first kappa shape index (κ1) is 22.0. The van der Waals surface area contributed by atoms with Gasteiger partial charge in [0.15, 0.2) is 6.10 Å². The van der Waals surface area contributed by atoms with Gasteiger partial charge in [-0.15, -0.1) is 11.3 Å². The highest BCUT2D eigenvalue weighted by Gasteiger charge is 2.18. The molecule has 2 heterocycles. The molecule has 32 heavy (non-hydrogen) atoms. The summed E-state index contributed by atoms with van der Waals surface area (Å²) >= 11 is 1.67. The molecule has 0 amide bonds. The van der Waals surface area contributed by atoms with E-state index >= 15 is 0 Å². The number of benzene rings is 2. The topological polar surface area (TPSA) is 81.8 Å². The summed E-state index contributed by atoms with van der Waals surface area (Å²) < 4.78 is 18.2. The summed E-state index contributed by atoms with van der Waals surface area (Å²) in [6.07, 6.45) is 0.118. The second-order valence-corrected chi connectivity index (χ2v) is 8.48. The van der Waals surface area contributed by atoms with Crippen molar-refractivity contribution >= 4 is 27.4 Å². The van der Waals surface area contributed by atoms with E-state index in [4.69, 9.17) is 13.9 Å². The number of hydrogen-bond acceptors (Lipinski definition) is 6. The minimum atomic E-state index is -0.954. The number of thiophene rings is 1. The van der Waals surface area contributed by atoms with Crippen LogP contribution in [0.5, 0.6) is 5.75 Å². The van der Waals surface area contributed by atoms with Crippen LogP contribution in [0, 0.1) is 6.92 Å². The molecular formula is C25H25NO5S. The van der Waals surface area contributed by atoms with Crippen molar-refractivity contribution < 1.29 is 23.8 Å². The van der Waals surface area contributed by atoms with Crippen LogP contribution in [0.1, 0.15) is 23.9 Å². The zero-order chi connectivity index (χ0) is 22.5. The molecule has 0 unspecified atom stereocenters. The fraction of sp³-hybridized carbons (Fsp3) is 0.280. The molecule has 0 saturated heterocycles. The average Bonchev–Trinajstić information content (AvgIpc) is 3.38. The standard InChI is InChI=1S/C25H25NO5S/c1-3-29-21(25(27)28)14-17-8-10-19(11-9-17)30-13-12-20-16(2)31-24(26-20)23-15-18-6-4-5-7-22(18)32-23/h4-11,15,21H,3,12-14H2,1-2H3,(H,27,28)/t21-/m1/s1. The van der Waals surface area contributed by atoms with Crippen LogP contribution < -0.4 is 4.74 Å². The summed E-state index contributed by atoms with van der Waals surface area (Å²) in [5.41, 5.74) is 1.77. The van der Waals surface area contributed by atoms with Crippen LogP contribution in [0.3, 0.4) is 0 Å². The van der Waals surface area contributed by atoms with Crippen molar-refractivity contribution in [3.8, 4) is 16.5 Å². The van der Waals surface area contributed by atoms with Crippen molar-refractivity contribution in [1.29, 1.82) is 0 Å². The lowest BCUT2D eigenvalue weighted by atomic mass is 10.1. The second kappa shape index (κ2) is 9.97. The Kier molecular flexibility index (Phi) is 6.87. The normalized spacial score (nSPS) is 12.2. The molecule has 2 aromatic carbocycles. The van der Waals surface area contributed by atoms with Gasteiger partial charge in [-0.05, 0) is 49.1 Å². The Morgan fingerprint density at radius 1 is 1.19 bits per heavy atom. The molecule has 0 aliphatic rings. The van der Waals surface area contributed by atoms with Gasteiger partial charge < -0.3 is 19.0 Å². The monoisotopic (exact) mass is 451 g/mol. The van der Waals surface area contributed by atoms with Crippen molar-refractivity contribution in [1.82, 2.24) is 4.98 Å². The highest BCUT2D eigenvalue weighted by molar-refractivity contribution is 7.22. The molecule has 4 aromatic rings. The first-order chi connectivity index (χ1) is 15.5. The number of nitrogens with zero attached hydrogens (tertiary/aromatic N) is 1. The van der Waals surface area contributed by atoms with Gasteiger partial charge >= 0.3 is 5.97 Å². The van der Waals surface area contributed by atoms with Crippen LogP contribution in [-0.2, 0) is 22.4 Å². The smallest absolute Gasteiger partial charge is 0.333 e. The highest BCUT2D eigenvalue weighted by atomic mass is 32.1. The third kappa shape index (κ3) is 5.18. The van der Waals surface area contributed by atoms with E-state index in [-0.39, 0.29) is 0 Å². The van der Waals surface area contributed by atoms with Crippen LogP contribution in [-0.4, -0.2) is 35.4 Å². The molecule has 0 aliphatic heterocycles. The Hall–Kier alpha value is -3.16.